The van der Waals surface area contributed by atoms with Crippen molar-refractivity contribution in [2.24, 2.45) is 5.10 Å². The summed E-state index contributed by atoms with van der Waals surface area (Å²) in [5, 5.41) is 7.50. The number of methoxy groups -OCH3 is 1. The van der Waals surface area contributed by atoms with Crippen molar-refractivity contribution in [3.05, 3.63) is 30.1 Å². The Hall–Kier alpha value is -1.53. The Morgan fingerprint density at radius 1 is 1.71 bits per heavy atom. The molecule has 2 N–H and O–H groups in total. The second-order valence-corrected chi connectivity index (χ2v) is 3.89. The number of rotatable bonds is 5. The first-order valence-corrected chi connectivity index (χ1v) is 5.61. The average molecular weight is 252 g/mol. The highest BCUT2D eigenvalue weighted by Crippen LogP contribution is 1.89. The van der Waals surface area contributed by atoms with Crippen LogP contribution >= 0.6 is 12.2 Å². The van der Waals surface area contributed by atoms with Crippen molar-refractivity contribution < 1.29 is 4.74 Å². The molecule has 1 rings (SSSR count). The van der Waals surface area contributed by atoms with Crippen LogP contribution in [0.3, 0.4) is 0 Å². The molecule has 6 heteroatoms. The molecule has 0 spiro atoms. The van der Waals surface area contributed by atoms with E-state index in [1.54, 1.807) is 25.7 Å². The number of ether oxygens (including phenoxy) is 1. The lowest BCUT2D eigenvalue weighted by Crippen LogP contribution is -2.40. The molecule has 0 unspecified atom stereocenters. The van der Waals surface area contributed by atoms with Crippen LogP contribution in [0.5, 0.6) is 0 Å². The van der Waals surface area contributed by atoms with Gasteiger partial charge in [-0.2, -0.15) is 5.10 Å². The number of aromatic nitrogens is 1. The van der Waals surface area contributed by atoms with E-state index in [0.29, 0.717) is 11.7 Å². The lowest BCUT2D eigenvalue weighted by Gasteiger charge is -2.13. The van der Waals surface area contributed by atoms with E-state index in [9.17, 15) is 0 Å². The van der Waals surface area contributed by atoms with Crippen LogP contribution in [0.1, 0.15) is 12.5 Å². The zero-order valence-corrected chi connectivity index (χ0v) is 10.7. The zero-order valence-electron chi connectivity index (χ0n) is 9.88. The highest BCUT2D eigenvalue weighted by Gasteiger charge is 2.01. The molecule has 0 bridgehead atoms. The first-order valence-electron chi connectivity index (χ1n) is 5.21. The quantitative estimate of drug-likeness (QED) is 0.463. The molecule has 17 heavy (non-hydrogen) atoms. The number of hydrogen-bond acceptors (Lipinski definition) is 4. The maximum atomic E-state index is 5.05. The molecule has 1 heterocycles. The number of thiocarbonyl (C=S) groups is 1. The normalized spacial score (nSPS) is 12.4. The number of hydrazone groups is 1. The largest absolute Gasteiger partial charge is 0.383 e. The highest BCUT2D eigenvalue weighted by molar-refractivity contribution is 7.80. The molecule has 0 aliphatic carbocycles. The van der Waals surface area contributed by atoms with Crippen LogP contribution in [0.15, 0.2) is 29.6 Å². The minimum Gasteiger partial charge on any atom is -0.383 e. The van der Waals surface area contributed by atoms with Crippen molar-refractivity contribution >= 4 is 23.5 Å². The third-order valence-electron chi connectivity index (χ3n) is 1.86. The van der Waals surface area contributed by atoms with Gasteiger partial charge in [0.05, 0.1) is 12.8 Å². The van der Waals surface area contributed by atoms with Crippen LogP contribution in [0, 0.1) is 0 Å². The second-order valence-electron chi connectivity index (χ2n) is 3.49. The van der Waals surface area contributed by atoms with E-state index in [0.717, 1.165) is 5.56 Å². The number of nitrogens with zero attached hydrogens (tertiary/aromatic N) is 2. The van der Waals surface area contributed by atoms with E-state index in [4.69, 9.17) is 17.0 Å². The van der Waals surface area contributed by atoms with Crippen LogP contribution in [-0.2, 0) is 4.74 Å². The minimum atomic E-state index is 0.147. The molecule has 0 fully saturated rings. The van der Waals surface area contributed by atoms with Gasteiger partial charge in [-0.3, -0.25) is 10.4 Å². The van der Waals surface area contributed by atoms with Crippen LogP contribution in [0.2, 0.25) is 0 Å². The summed E-state index contributed by atoms with van der Waals surface area (Å²) >= 11 is 5.05. The highest BCUT2D eigenvalue weighted by atomic mass is 32.1. The number of pyridine rings is 1. The van der Waals surface area contributed by atoms with E-state index in [1.165, 1.54) is 0 Å². The molecule has 0 radical (unpaired) electrons. The molecule has 0 amide bonds. The van der Waals surface area contributed by atoms with Gasteiger partial charge in [-0.25, -0.2) is 0 Å². The van der Waals surface area contributed by atoms with Gasteiger partial charge in [0.15, 0.2) is 5.11 Å². The average Bonchev–Trinajstić information content (AvgIpc) is 2.30. The summed E-state index contributed by atoms with van der Waals surface area (Å²) < 4.78 is 4.98. The molecule has 1 aromatic rings. The Labute approximate surface area is 106 Å². The Kier molecular flexibility index (Phi) is 6.13. The van der Waals surface area contributed by atoms with Gasteiger partial charge in [0.1, 0.15) is 0 Å². The fraction of sp³-hybridized carbons (Fsp3) is 0.364. The summed E-state index contributed by atoms with van der Waals surface area (Å²) in [7, 11) is 1.65. The smallest absolute Gasteiger partial charge is 0.187 e. The number of nitrogens with one attached hydrogen (secondary N) is 2. The molecule has 0 aliphatic rings. The summed E-state index contributed by atoms with van der Waals surface area (Å²) in [5.74, 6) is 0. The molecule has 92 valence electrons. The molecular formula is C11H16N4OS. The third-order valence-corrected chi connectivity index (χ3v) is 2.07. The SMILES string of the molecule is COC[C@H](C)NC(=S)N/N=C\c1cccnc1. The Balaban J connectivity index is 2.31. The first-order chi connectivity index (χ1) is 8.22. The van der Waals surface area contributed by atoms with Crippen LogP contribution < -0.4 is 10.7 Å². The Bertz CT molecular complexity index is 369. The van der Waals surface area contributed by atoms with Gasteiger partial charge >= 0.3 is 0 Å². The molecule has 0 aromatic carbocycles. The van der Waals surface area contributed by atoms with E-state index in [1.807, 2.05) is 19.1 Å². The van der Waals surface area contributed by atoms with Crippen molar-refractivity contribution in [2.45, 2.75) is 13.0 Å². The van der Waals surface area contributed by atoms with Gasteiger partial charge in [-0.05, 0) is 25.2 Å². The predicted molar refractivity (Wildman–Crippen MR) is 72.0 cm³/mol. The molecule has 1 atom stereocenters. The minimum absolute atomic E-state index is 0.147. The number of hydrogen-bond donors (Lipinski definition) is 2. The summed E-state index contributed by atoms with van der Waals surface area (Å²) in [6.07, 6.45) is 5.08. The predicted octanol–water partition coefficient (Wildman–Crippen LogP) is 0.914. The maximum Gasteiger partial charge on any atom is 0.187 e. The Morgan fingerprint density at radius 3 is 3.18 bits per heavy atom. The van der Waals surface area contributed by atoms with Crippen molar-refractivity contribution in [3.63, 3.8) is 0 Å². The maximum absolute atomic E-state index is 5.05. The first kappa shape index (κ1) is 13.5. The van der Waals surface area contributed by atoms with Gasteiger partial charge in [0.2, 0.25) is 0 Å². The van der Waals surface area contributed by atoms with E-state index < -0.39 is 0 Å². The van der Waals surface area contributed by atoms with Gasteiger partial charge in [-0.15, -0.1) is 0 Å². The molecule has 0 aliphatic heterocycles. The molecule has 1 aromatic heterocycles. The van der Waals surface area contributed by atoms with Gasteiger partial charge in [-0.1, -0.05) is 6.07 Å². The zero-order chi connectivity index (χ0) is 12.5. The Morgan fingerprint density at radius 2 is 2.53 bits per heavy atom. The molecule has 0 saturated heterocycles. The van der Waals surface area contributed by atoms with Crippen LogP contribution in [0.25, 0.3) is 0 Å². The lowest BCUT2D eigenvalue weighted by atomic mass is 10.3. The second kappa shape index (κ2) is 7.70. The third kappa shape index (κ3) is 5.94. The molecule has 0 saturated carbocycles. The fourth-order valence-electron chi connectivity index (χ4n) is 1.17. The molecule has 5 nitrogen and oxygen atoms in total. The van der Waals surface area contributed by atoms with E-state index in [2.05, 4.69) is 20.8 Å². The summed E-state index contributed by atoms with van der Waals surface area (Å²) in [6, 6.07) is 3.90. The summed E-state index contributed by atoms with van der Waals surface area (Å²) in [6.45, 7) is 2.57. The van der Waals surface area contributed by atoms with Gasteiger partial charge in [0, 0.05) is 31.1 Å². The van der Waals surface area contributed by atoms with Gasteiger partial charge in [0.25, 0.3) is 0 Å². The standard InChI is InChI=1S/C11H16N4OS/c1-9(8-16-2)14-11(17)15-13-7-10-4-3-5-12-6-10/h3-7,9H,8H2,1-2H3,(H2,14,15,17)/b13-7-/t9-/m0/s1. The van der Waals surface area contributed by atoms with E-state index >= 15 is 0 Å². The summed E-state index contributed by atoms with van der Waals surface area (Å²) in [4.78, 5) is 3.97. The summed E-state index contributed by atoms with van der Waals surface area (Å²) in [5.41, 5.74) is 3.64. The van der Waals surface area contributed by atoms with Crippen molar-refractivity contribution in [1.82, 2.24) is 15.7 Å². The van der Waals surface area contributed by atoms with Crippen molar-refractivity contribution in [3.8, 4) is 0 Å². The molecular weight excluding hydrogens is 236 g/mol. The van der Waals surface area contributed by atoms with E-state index in [-0.39, 0.29) is 6.04 Å². The monoisotopic (exact) mass is 252 g/mol. The van der Waals surface area contributed by atoms with Crippen molar-refractivity contribution in [1.29, 1.82) is 0 Å². The van der Waals surface area contributed by atoms with Gasteiger partial charge < -0.3 is 10.1 Å². The topological polar surface area (TPSA) is 58.5 Å². The fourth-order valence-corrected chi connectivity index (χ4v) is 1.42. The lowest BCUT2D eigenvalue weighted by molar-refractivity contribution is 0.179. The van der Waals surface area contributed by atoms with Crippen LogP contribution in [0.4, 0.5) is 0 Å². The van der Waals surface area contributed by atoms with Crippen LogP contribution in [-0.4, -0.2) is 36.1 Å². The van der Waals surface area contributed by atoms with Crippen molar-refractivity contribution in [2.75, 3.05) is 13.7 Å².